The highest BCUT2D eigenvalue weighted by molar-refractivity contribution is 6.10. The topological polar surface area (TPSA) is 41.6 Å². The van der Waals surface area contributed by atoms with Gasteiger partial charge in [-0.2, -0.15) is 0 Å². The summed E-state index contributed by atoms with van der Waals surface area (Å²) in [5, 5.41) is 4.73. The summed E-state index contributed by atoms with van der Waals surface area (Å²) in [4.78, 5) is 11.8. The molecule has 80 valence electrons. The van der Waals surface area contributed by atoms with Gasteiger partial charge >= 0.3 is 0 Å². The van der Waals surface area contributed by atoms with Crippen molar-refractivity contribution in [2.45, 2.75) is 0 Å². The van der Waals surface area contributed by atoms with E-state index in [2.05, 4.69) is 33.2 Å². The van der Waals surface area contributed by atoms with E-state index in [9.17, 15) is 0 Å². The van der Waals surface area contributed by atoms with Crippen LogP contribution in [0.3, 0.4) is 0 Å². The maximum atomic E-state index is 4.34. The number of H-pyrrole nitrogens is 1. The molecule has 0 saturated heterocycles. The van der Waals surface area contributed by atoms with Crippen LogP contribution in [0.15, 0.2) is 48.9 Å². The molecule has 0 aliphatic carbocycles. The van der Waals surface area contributed by atoms with Gasteiger partial charge in [0.25, 0.3) is 0 Å². The summed E-state index contributed by atoms with van der Waals surface area (Å²) < 4.78 is 0. The van der Waals surface area contributed by atoms with Crippen molar-refractivity contribution < 1.29 is 0 Å². The van der Waals surface area contributed by atoms with Crippen LogP contribution in [0, 0.1) is 0 Å². The van der Waals surface area contributed by atoms with Gasteiger partial charge in [0, 0.05) is 40.3 Å². The van der Waals surface area contributed by atoms with Gasteiger partial charge in [-0.1, -0.05) is 0 Å². The number of pyridine rings is 2. The predicted octanol–water partition coefficient (Wildman–Crippen LogP) is 3.26. The molecule has 3 aromatic heterocycles. The van der Waals surface area contributed by atoms with Gasteiger partial charge in [-0.05, 0) is 35.7 Å². The Bertz CT molecular complexity index is 840. The van der Waals surface area contributed by atoms with Gasteiger partial charge in [0.15, 0.2) is 0 Å². The molecule has 17 heavy (non-hydrogen) atoms. The van der Waals surface area contributed by atoms with Crippen molar-refractivity contribution >= 4 is 32.7 Å². The molecule has 3 nitrogen and oxygen atoms in total. The molecule has 4 rings (SSSR count). The Morgan fingerprint density at radius 3 is 2.94 bits per heavy atom. The third-order valence-electron chi connectivity index (χ3n) is 3.13. The first-order valence-corrected chi connectivity index (χ1v) is 5.52. The van der Waals surface area contributed by atoms with E-state index in [4.69, 9.17) is 0 Å². The van der Waals surface area contributed by atoms with Crippen LogP contribution in [0.4, 0.5) is 0 Å². The van der Waals surface area contributed by atoms with E-state index >= 15 is 0 Å². The normalized spacial score (nSPS) is 11.5. The molecule has 0 amide bonds. The van der Waals surface area contributed by atoms with Crippen LogP contribution in [0.2, 0.25) is 0 Å². The number of hydrogen-bond donors (Lipinski definition) is 1. The maximum absolute atomic E-state index is 4.34. The summed E-state index contributed by atoms with van der Waals surface area (Å²) in [6.45, 7) is 0. The second kappa shape index (κ2) is 3.04. The molecule has 0 radical (unpaired) electrons. The Morgan fingerprint density at radius 2 is 1.94 bits per heavy atom. The number of benzene rings is 1. The van der Waals surface area contributed by atoms with Gasteiger partial charge in [-0.3, -0.25) is 4.98 Å². The highest BCUT2D eigenvalue weighted by atomic mass is 14.8. The molecule has 0 aliphatic rings. The maximum Gasteiger partial charge on any atom is 0.138 e. The van der Waals surface area contributed by atoms with E-state index in [0.717, 1.165) is 16.6 Å². The summed E-state index contributed by atoms with van der Waals surface area (Å²) in [6.07, 6.45) is 5.51. The SMILES string of the molecule is c1cnc2[nH]c3cc4cnccc4cc3c2c1. The third kappa shape index (κ3) is 1.16. The molecule has 4 aromatic rings. The van der Waals surface area contributed by atoms with Crippen molar-refractivity contribution in [2.75, 3.05) is 0 Å². The van der Waals surface area contributed by atoms with Crippen molar-refractivity contribution in [1.29, 1.82) is 0 Å². The van der Waals surface area contributed by atoms with E-state index in [-0.39, 0.29) is 0 Å². The lowest BCUT2D eigenvalue weighted by Crippen LogP contribution is -1.75. The molecule has 0 saturated carbocycles. The molecule has 3 heteroatoms. The minimum atomic E-state index is 0.936. The number of nitrogens with one attached hydrogen (secondary N) is 1. The van der Waals surface area contributed by atoms with Crippen molar-refractivity contribution in [3.05, 3.63) is 48.9 Å². The number of hydrogen-bond acceptors (Lipinski definition) is 2. The number of nitrogens with zero attached hydrogens (tertiary/aromatic N) is 2. The quantitative estimate of drug-likeness (QED) is 0.493. The van der Waals surface area contributed by atoms with Crippen LogP contribution in [-0.4, -0.2) is 15.0 Å². The molecular weight excluding hydrogens is 210 g/mol. The highest BCUT2D eigenvalue weighted by Gasteiger charge is 2.05. The van der Waals surface area contributed by atoms with Crippen LogP contribution in [0.1, 0.15) is 0 Å². The molecule has 3 heterocycles. The standard InChI is InChI=1S/C14H9N3/c1-2-11-12-6-9-3-5-15-8-10(9)7-13(12)17-14(11)16-4-1/h1-8H,(H,16,17). The zero-order chi connectivity index (χ0) is 11.2. The summed E-state index contributed by atoms with van der Waals surface area (Å²) in [5.41, 5.74) is 2.05. The van der Waals surface area contributed by atoms with Gasteiger partial charge in [0.1, 0.15) is 5.65 Å². The first-order chi connectivity index (χ1) is 8.42. The van der Waals surface area contributed by atoms with Crippen LogP contribution >= 0.6 is 0 Å². The summed E-state index contributed by atoms with van der Waals surface area (Å²) in [5.74, 6) is 0. The van der Waals surface area contributed by atoms with E-state index < -0.39 is 0 Å². The van der Waals surface area contributed by atoms with E-state index in [1.54, 1.807) is 6.20 Å². The third-order valence-corrected chi connectivity index (χ3v) is 3.13. The molecule has 1 aromatic carbocycles. The summed E-state index contributed by atoms with van der Waals surface area (Å²) in [7, 11) is 0. The van der Waals surface area contributed by atoms with Crippen LogP contribution in [0.25, 0.3) is 32.7 Å². The summed E-state index contributed by atoms with van der Waals surface area (Å²) in [6, 6.07) is 10.4. The first kappa shape index (κ1) is 8.70. The smallest absolute Gasteiger partial charge is 0.138 e. The number of rotatable bonds is 0. The van der Waals surface area contributed by atoms with E-state index in [1.165, 1.54) is 16.2 Å². The van der Waals surface area contributed by atoms with Crippen molar-refractivity contribution in [1.82, 2.24) is 15.0 Å². The Hall–Kier alpha value is -2.42. The van der Waals surface area contributed by atoms with Crippen molar-refractivity contribution in [2.24, 2.45) is 0 Å². The fraction of sp³-hybridized carbons (Fsp3) is 0. The van der Waals surface area contributed by atoms with Crippen LogP contribution < -0.4 is 0 Å². The Labute approximate surface area is 97.1 Å². The van der Waals surface area contributed by atoms with Gasteiger partial charge in [0.2, 0.25) is 0 Å². The number of aromatic amines is 1. The largest absolute Gasteiger partial charge is 0.339 e. The molecule has 0 spiro atoms. The monoisotopic (exact) mass is 219 g/mol. The van der Waals surface area contributed by atoms with Crippen molar-refractivity contribution in [3.63, 3.8) is 0 Å². The van der Waals surface area contributed by atoms with Crippen molar-refractivity contribution in [3.8, 4) is 0 Å². The second-order valence-electron chi connectivity index (χ2n) is 4.15. The van der Waals surface area contributed by atoms with Crippen LogP contribution in [0.5, 0.6) is 0 Å². The lowest BCUT2D eigenvalue weighted by Gasteiger charge is -1.97. The van der Waals surface area contributed by atoms with Gasteiger partial charge in [0.05, 0.1) is 0 Å². The predicted molar refractivity (Wildman–Crippen MR) is 68.9 cm³/mol. The fourth-order valence-corrected chi connectivity index (χ4v) is 2.31. The average molecular weight is 219 g/mol. The minimum absolute atomic E-state index is 0.936. The minimum Gasteiger partial charge on any atom is -0.339 e. The van der Waals surface area contributed by atoms with E-state index in [1.807, 2.05) is 24.5 Å². The Kier molecular flexibility index (Phi) is 1.56. The summed E-state index contributed by atoms with van der Waals surface area (Å²) >= 11 is 0. The Morgan fingerprint density at radius 1 is 0.941 bits per heavy atom. The molecule has 0 aliphatic heterocycles. The van der Waals surface area contributed by atoms with Gasteiger partial charge < -0.3 is 4.98 Å². The molecule has 1 N–H and O–H groups in total. The van der Waals surface area contributed by atoms with Gasteiger partial charge in [-0.15, -0.1) is 0 Å². The number of fused-ring (bicyclic) bond motifs is 4. The first-order valence-electron chi connectivity index (χ1n) is 5.52. The molecule has 0 atom stereocenters. The second-order valence-corrected chi connectivity index (χ2v) is 4.15. The average Bonchev–Trinajstić information content (AvgIpc) is 2.73. The lowest BCUT2D eigenvalue weighted by atomic mass is 10.1. The number of aromatic nitrogens is 3. The van der Waals surface area contributed by atoms with Crippen LogP contribution in [-0.2, 0) is 0 Å². The lowest BCUT2D eigenvalue weighted by molar-refractivity contribution is 1.35. The fourth-order valence-electron chi connectivity index (χ4n) is 2.31. The highest BCUT2D eigenvalue weighted by Crippen LogP contribution is 2.27. The zero-order valence-electron chi connectivity index (χ0n) is 9.01. The van der Waals surface area contributed by atoms with Gasteiger partial charge in [-0.25, -0.2) is 4.98 Å². The molecule has 0 unspecified atom stereocenters. The zero-order valence-corrected chi connectivity index (χ0v) is 9.01. The molecular formula is C14H9N3. The molecule has 0 bridgehead atoms. The Balaban J connectivity index is 2.28. The van der Waals surface area contributed by atoms with E-state index in [0.29, 0.717) is 0 Å². The molecule has 0 fully saturated rings.